The van der Waals surface area contributed by atoms with Gasteiger partial charge in [-0.05, 0) is 29.8 Å². The molecule has 92 valence electrons. The molecule has 2 rings (SSSR count). The molecule has 0 atom stereocenters. The Morgan fingerprint density at radius 3 is 2.67 bits per heavy atom. The molecule has 3 nitrogen and oxygen atoms in total. The Morgan fingerprint density at radius 1 is 1.28 bits per heavy atom. The second kappa shape index (κ2) is 5.78. The van der Waals surface area contributed by atoms with Gasteiger partial charge in [0.2, 0.25) is 0 Å². The van der Waals surface area contributed by atoms with E-state index in [4.69, 9.17) is 4.74 Å². The molecule has 0 spiro atoms. The van der Waals surface area contributed by atoms with Crippen LogP contribution >= 0.6 is 15.9 Å². The molecular formula is C14H12BrNO2. The zero-order valence-electron chi connectivity index (χ0n) is 9.89. The fourth-order valence-electron chi connectivity index (χ4n) is 1.64. The lowest BCUT2D eigenvalue weighted by molar-refractivity contribution is 0.0985. The maximum Gasteiger partial charge on any atom is 0.189 e. The van der Waals surface area contributed by atoms with Crippen molar-refractivity contribution in [1.82, 2.24) is 4.98 Å². The predicted octanol–water partition coefficient (Wildman–Crippen LogP) is 3.28. The topological polar surface area (TPSA) is 39.2 Å². The summed E-state index contributed by atoms with van der Waals surface area (Å²) < 4.78 is 6.13. The van der Waals surface area contributed by atoms with E-state index in [0.29, 0.717) is 17.9 Å². The van der Waals surface area contributed by atoms with Gasteiger partial charge < -0.3 is 4.74 Å². The van der Waals surface area contributed by atoms with Gasteiger partial charge in [-0.2, -0.15) is 0 Å². The van der Waals surface area contributed by atoms with Crippen molar-refractivity contribution in [3.8, 4) is 5.75 Å². The largest absolute Gasteiger partial charge is 0.494 e. The average Bonchev–Trinajstić information content (AvgIpc) is 2.41. The Balaban J connectivity index is 2.19. The number of aromatic nitrogens is 1. The third-order valence-corrected chi connectivity index (χ3v) is 3.06. The minimum atomic E-state index is -0.0465. The molecule has 1 aromatic carbocycles. The van der Waals surface area contributed by atoms with Gasteiger partial charge in [0.05, 0.1) is 7.11 Å². The highest BCUT2D eigenvalue weighted by Gasteiger charge is 2.13. The van der Waals surface area contributed by atoms with E-state index in [1.165, 1.54) is 7.11 Å². The Morgan fingerprint density at radius 2 is 2.00 bits per heavy atom. The first-order valence-corrected chi connectivity index (χ1v) is 6.26. The van der Waals surface area contributed by atoms with Gasteiger partial charge in [0.25, 0.3) is 0 Å². The number of ketones is 1. The molecule has 0 bridgehead atoms. The number of carbonyl (C=O) groups is 1. The van der Waals surface area contributed by atoms with Crippen LogP contribution in [0.5, 0.6) is 5.75 Å². The Kier molecular flexibility index (Phi) is 4.10. The number of pyridine rings is 1. The van der Waals surface area contributed by atoms with E-state index in [-0.39, 0.29) is 5.78 Å². The fraction of sp³-hybridized carbons (Fsp3) is 0.143. The predicted molar refractivity (Wildman–Crippen MR) is 73.0 cm³/mol. The minimum Gasteiger partial charge on any atom is -0.494 e. The molecule has 4 heteroatoms. The summed E-state index contributed by atoms with van der Waals surface area (Å²) in [6.45, 7) is 0. The summed E-state index contributed by atoms with van der Waals surface area (Å²) in [5.41, 5.74) is 1.33. The maximum absolute atomic E-state index is 12.1. The maximum atomic E-state index is 12.1. The third kappa shape index (κ3) is 2.96. The number of rotatable bonds is 4. The minimum absolute atomic E-state index is 0.0465. The number of carbonyl (C=O) groups excluding carboxylic acids is 1. The van der Waals surface area contributed by atoms with Crippen LogP contribution < -0.4 is 4.74 Å². The van der Waals surface area contributed by atoms with Crippen molar-refractivity contribution in [3.63, 3.8) is 0 Å². The van der Waals surface area contributed by atoms with Crippen molar-refractivity contribution in [1.29, 1.82) is 0 Å². The lowest BCUT2D eigenvalue weighted by Crippen LogP contribution is -2.07. The summed E-state index contributed by atoms with van der Waals surface area (Å²) in [7, 11) is 1.54. The molecule has 0 saturated carbocycles. The Hall–Kier alpha value is -1.68. The normalized spacial score (nSPS) is 10.1. The number of hydrogen-bond donors (Lipinski definition) is 0. The number of ether oxygens (including phenoxy) is 1. The van der Waals surface area contributed by atoms with E-state index < -0.39 is 0 Å². The molecular weight excluding hydrogens is 294 g/mol. The molecule has 0 unspecified atom stereocenters. The molecule has 0 aliphatic rings. The second-order valence-electron chi connectivity index (χ2n) is 3.78. The number of nitrogens with zero attached hydrogens (tertiary/aromatic N) is 1. The number of Topliss-reactive ketones (excluding diaryl/α,β-unsaturated/α-hetero) is 1. The number of methoxy groups -OCH3 is 1. The molecule has 18 heavy (non-hydrogen) atoms. The monoisotopic (exact) mass is 305 g/mol. The lowest BCUT2D eigenvalue weighted by Gasteiger charge is -2.06. The number of halogens is 1. The molecule has 0 N–H and O–H groups in total. The summed E-state index contributed by atoms with van der Waals surface area (Å²) >= 11 is 3.36. The van der Waals surface area contributed by atoms with Crippen LogP contribution in [0, 0.1) is 0 Å². The van der Waals surface area contributed by atoms with Crippen molar-refractivity contribution in [2.75, 3.05) is 7.11 Å². The number of benzene rings is 1. The molecule has 2 aromatic rings. The Labute approximate surface area is 114 Å². The van der Waals surface area contributed by atoms with Crippen LogP contribution in [0.2, 0.25) is 0 Å². The van der Waals surface area contributed by atoms with E-state index in [1.807, 2.05) is 24.3 Å². The van der Waals surface area contributed by atoms with Gasteiger partial charge in [-0.15, -0.1) is 0 Å². The van der Waals surface area contributed by atoms with Gasteiger partial charge >= 0.3 is 0 Å². The standard InChI is InChI=1S/C14H12BrNO2/c1-18-13-3-2-8-16-14(13)12(17)9-10-4-6-11(15)7-5-10/h2-8H,9H2,1H3. The summed E-state index contributed by atoms with van der Waals surface area (Å²) in [5.74, 6) is 0.467. The van der Waals surface area contributed by atoms with E-state index >= 15 is 0 Å². The van der Waals surface area contributed by atoms with Crippen LogP contribution in [0.1, 0.15) is 16.1 Å². The van der Waals surface area contributed by atoms with Gasteiger partial charge in [-0.1, -0.05) is 28.1 Å². The first kappa shape index (κ1) is 12.8. The van der Waals surface area contributed by atoms with Crippen LogP contribution in [0.4, 0.5) is 0 Å². The highest BCUT2D eigenvalue weighted by molar-refractivity contribution is 9.10. The third-order valence-electron chi connectivity index (χ3n) is 2.53. The van der Waals surface area contributed by atoms with E-state index in [0.717, 1.165) is 10.0 Å². The van der Waals surface area contributed by atoms with Crippen LogP contribution in [-0.4, -0.2) is 17.9 Å². The van der Waals surface area contributed by atoms with Crippen molar-refractivity contribution in [2.24, 2.45) is 0 Å². The number of hydrogen-bond acceptors (Lipinski definition) is 3. The smallest absolute Gasteiger partial charge is 0.189 e. The van der Waals surface area contributed by atoms with E-state index in [9.17, 15) is 4.79 Å². The molecule has 1 heterocycles. The van der Waals surface area contributed by atoms with Gasteiger partial charge in [0.15, 0.2) is 5.78 Å². The van der Waals surface area contributed by atoms with Gasteiger partial charge in [0, 0.05) is 17.1 Å². The zero-order chi connectivity index (χ0) is 13.0. The van der Waals surface area contributed by atoms with Crippen LogP contribution in [0.3, 0.4) is 0 Å². The SMILES string of the molecule is COc1cccnc1C(=O)Cc1ccc(Br)cc1. The molecule has 0 saturated heterocycles. The average molecular weight is 306 g/mol. The van der Waals surface area contributed by atoms with Crippen LogP contribution in [0.25, 0.3) is 0 Å². The van der Waals surface area contributed by atoms with E-state index in [2.05, 4.69) is 20.9 Å². The van der Waals surface area contributed by atoms with Crippen molar-refractivity contribution >= 4 is 21.7 Å². The summed E-state index contributed by atoms with van der Waals surface area (Å²) in [6, 6.07) is 11.1. The highest BCUT2D eigenvalue weighted by atomic mass is 79.9. The highest BCUT2D eigenvalue weighted by Crippen LogP contribution is 2.18. The van der Waals surface area contributed by atoms with Crippen LogP contribution in [0.15, 0.2) is 47.1 Å². The summed E-state index contributed by atoms with van der Waals surface area (Å²) in [6.07, 6.45) is 1.91. The molecule has 1 aromatic heterocycles. The summed E-state index contributed by atoms with van der Waals surface area (Å²) in [5, 5.41) is 0. The molecule has 0 radical (unpaired) electrons. The van der Waals surface area contributed by atoms with Gasteiger partial charge in [-0.3, -0.25) is 4.79 Å². The first-order chi connectivity index (χ1) is 8.70. The van der Waals surface area contributed by atoms with Crippen molar-refractivity contribution < 1.29 is 9.53 Å². The van der Waals surface area contributed by atoms with Crippen molar-refractivity contribution in [3.05, 3.63) is 58.3 Å². The molecule has 0 aliphatic heterocycles. The lowest BCUT2D eigenvalue weighted by atomic mass is 10.1. The fourth-order valence-corrected chi connectivity index (χ4v) is 1.90. The van der Waals surface area contributed by atoms with Gasteiger partial charge in [-0.25, -0.2) is 4.98 Å². The van der Waals surface area contributed by atoms with Gasteiger partial charge in [0.1, 0.15) is 11.4 Å². The van der Waals surface area contributed by atoms with E-state index in [1.54, 1.807) is 18.3 Å². The first-order valence-electron chi connectivity index (χ1n) is 5.47. The molecule has 0 aliphatic carbocycles. The summed E-state index contributed by atoms with van der Waals surface area (Å²) in [4.78, 5) is 16.2. The molecule has 0 amide bonds. The zero-order valence-corrected chi connectivity index (χ0v) is 11.5. The Bertz CT molecular complexity index is 552. The molecule has 0 fully saturated rings. The quantitative estimate of drug-likeness (QED) is 0.814. The van der Waals surface area contributed by atoms with Crippen LogP contribution in [-0.2, 0) is 6.42 Å². The second-order valence-corrected chi connectivity index (χ2v) is 4.70. The van der Waals surface area contributed by atoms with Crippen molar-refractivity contribution in [2.45, 2.75) is 6.42 Å².